The lowest BCUT2D eigenvalue weighted by molar-refractivity contribution is 0.603. The third-order valence-electron chi connectivity index (χ3n) is 2.24. The molecule has 19 heavy (non-hydrogen) atoms. The molecule has 0 fully saturated rings. The highest BCUT2D eigenvalue weighted by molar-refractivity contribution is 9.11. The summed E-state index contributed by atoms with van der Waals surface area (Å²) in [5, 5.41) is 6.24. The standard InChI is InChI=1S/C9H9BrN4O2S3/c1-4-2-6(18-7(4)10)19(15,16)14-9-5(8(11)17)3-12-13-9/h2-3H,1H3,(H2,11,17)(H2,12,13,14). The molecule has 0 saturated heterocycles. The van der Waals surface area contributed by atoms with Crippen LogP contribution < -0.4 is 10.5 Å². The number of nitrogens with zero attached hydrogens (tertiary/aromatic N) is 1. The van der Waals surface area contributed by atoms with Gasteiger partial charge in [-0.2, -0.15) is 5.10 Å². The summed E-state index contributed by atoms with van der Waals surface area (Å²) in [7, 11) is -3.69. The average Bonchev–Trinajstić information content (AvgIpc) is 2.87. The number of aryl methyl sites for hydroxylation is 1. The van der Waals surface area contributed by atoms with Crippen molar-refractivity contribution in [2.24, 2.45) is 5.73 Å². The van der Waals surface area contributed by atoms with Gasteiger partial charge in [-0.05, 0) is 34.5 Å². The van der Waals surface area contributed by atoms with E-state index in [1.54, 1.807) is 6.07 Å². The Morgan fingerprint density at radius 3 is 2.84 bits per heavy atom. The van der Waals surface area contributed by atoms with E-state index in [1.165, 1.54) is 6.20 Å². The Morgan fingerprint density at radius 1 is 1.63 bits per heavy atom. The molecule has 10 heteroatoms. The summed E-state index contributed by atoms with van der Waals surface area (Å²) in [6, 6.07) is 1.58. The van der Waals surface area contributed by atoms with Crippen LogP contribution >= 0.6 is 39.5 Å². The van der Waals surface area contributed by atoms with Crippen LogP contribution in [0.2, 0.25) is 0 Å². The summed E-state index contributed by atoms with van der Waals surface area (Å²) in [6.45, 7) is 1.82. The molecule has 0 atom stereocenters. The predicted octanol–water partition coefficient (Wildman–Crippen LogP) is 1.98. The van der Waals surface area contributed by atoms with Gasteiger partial charge < -0.3 is 5.73 Å². The summed E-state index contributed by atoms with van der Waals surface area (Å²) in [4.78, 5) is 0.0648. The van der Waals surface area contributed by atoms with Crippen LogP contribution in [0.4, 0.5) is 5.82 Å². The molecule has 0 saturated carbocycles. The highest BCUT2D eigenvalue weighted by Gasteiger charge is 2.21. The molecule has 2 aromatic rings. The summed E-state index contributed by atoms with van der Waals surface area (Å²) in [5.74, 6) is 0.162. The van der Waals surface area contributed by atoms with Gasteiger partial charge in [0, 0.05) is 0 Å². The van der Waals surface area contributed by atoms with Crippen molar-refractivity contribution in [3.8, 4) is 0 Å². The first-order valence-corrected chi connectivity index (χ1v) is 8.43. The van der Waals surface area contributed by atoms with Gasteiger partial charge in [-0.3, -0.25) is 9.82 Å². The number of hydrogen-bond acceptors (Lipinski definition) is 5. The predicted molar refractivity (Wildman–Crippen MR) is 82.0 cm³/mol. The van der Waals surface area contributed by atoms with Crippen molar-refractivity contribution in [2.75, 3.05) is 4.72 Å². The van der Waals surface area contributed by atoms with Gasteiger partial charge in [-0.15, -0.1) is 11.3 Å². The number of nitrogens with two attached hydrogens (primary N) is 1. The van der Waals surface area contributed by atoms with Gasteiger partial charge in [-0.25, -0.2) is 8.42 Å². The number of aromatic nitrogens is 2. The SMILES string of the molecule is Cc1cc(S(=O)(=O)Nc2[nH]ncc2C(N)=S)sc1Br. The molecule has 0 aliphatic heterocycles. The molecule has 4 N–H and O–H groups in total. The minimum atomic E-state index is -3.69. The molecule has 2 heterocycles. The Bertz CT molecular complexity index is 715. The molecular formula is C9H9BrN4O2S3. The molecule has 0 aliphatic rings. The lowest BCUT2D eigenvalue weighted by Gasteiger charge is -2.05. The van der Waals surface area contributed by atoms with Crippen LogP contribution in [0.25, 0.3) is 0 Å². The molecule has 0 aromatic carbocycles. The van der Waals surface area contributed by atoms with Crippen LogP contribution in [0.3, 0.4) is 0 Å². The number of halogens is 1. The van der Waals surface area contributed by atoms with Crippen molar-refractivity contribution < 1.29 is 8.42 Å². The molecule has 0 unspecified atom stereocenters. The smallest absolute Gasteiger partial charge is 0.272 e. The van der Waals surface area contributed by atoms with Crippen molar-refractivity contribution in [3.05, 3.63) is 27.2 Å². The maximum atomic E-state index is 12.2. The monoisotopic (exact) mass is 380 g/mol. The van der Waals surface area contributed by atoms with Crippen LogP contribution in [-0.4, -0.2) is 23.6 Å². The first kappa shape index (κ1) is 14.4. The van der Waals surface area contributed by atoms with E-state index in [9.17, 15) is 8.42 Å². The van der Waals surface area contributed by atoms with Crippen molar-refractivity contribution >= 4 is 60.3 Å². The van der Waals surface area contributed by atoms with Crippen molar-refractivity contribution in [1.29, 1.82) is 0 Å². The molecule has 0 bridgehead atoms. The fourth-order valence-corrected chi connectivity index (χ4v) is 4.72. The van der Waals surface area contributed by atoms with Gasteiger partial charge in [0.1, 0.15) is 15.0 Å². The Hall–Kier alpha value is -0.970. The van der Waals surface area contributed by atoms with Crippen LogP contribution in [-0.2, 0) is 10.0 Å². The fraction of sp³-hybridized carbons (Fsp3) is 0.111. The summed E-state index contributed by atoms with van der Waals surface area (Å²) >= 11 is 9.23. The third-order valence-corrected chi connectivity index (χ3v) is 6.42. The van der Waals surface area contributed by atoms with Gasteiger partial charge in [0.05, 0.1) is 15.5 Å². The maximum absolute atomic E-state index is 12.2. The molecule has 0 aliphatic carbocycles. The van der Waals surface area contributed by atoms with Gasteiger partial charge in [0.25, 0.3) is 10.0 Å². The topological polar surface area (TPSA) is 101 Å². The second-order valence-corrected chi connectivity index (χ2v) is 8.37. The summed E-state index contributed by atoms with van der Waals surface area (Å²) < 4.78 is 27.7. The fourth-order valence-electron chi connectivity index (χ4n) is 1.30. The van der Waals surface area contributed by atoms with E-state index in [4.69, 9.17) is 18.0 Å². The molecule has 0 spiro atoms. The van der Waals surface area contributed by atoms with Crippen molar-refractivity contribution in [2.45, 2.75) is 11.1 Å². The minimum Gasteiger partial charge on any atom is -0.389 e. The first-order chi connectivity index (χ1) is 8.81. The van der Waals surface area contributed by atoms with E-state index >= 15 is 0 Å². The second kappa shape index (κ2) is 5.19. The number of rotatable bonds is 4. The van der Waals surface area contributed by atoms with Crippen LogP contribution in [0, 0.1) is 6.92 Å². The quantitative estimate of drug-likeness (QED) is 0.703. The first-order valence-electron chi connectivity index (χ1n) is 4.93. The molecule has 2 rings (SSSR count). The highest BCUT2D eigenvalue weighted by Crippen LogP contribution is 2.31. The Labute approximate surface area is 127 Å². The molecule has 0 amide bonds. The van der Waals surface area contributed by atoms with Gasteiger partial charge in [0.2, 0.25) is 0 Å². The normalized spacial score (nSPS) is 11.5. The van der Waals surface area contributed by atoms with Crippen LogP contribution in [0.15, 0.2) is 20.3 Å². The number of anilines is 1. The third kappa shape index (κ3) is 2.96. The number of aromatic amines is 1. The minimum absolute atomic E-state index is 0.0648. The lowest BCUT2D eigenvalue weighted by atomic mass is 10.3. The van der Waals surface area contributed by atoms with E-state index in [0.29, 0.717) is 5.56 Å². The largest absolute Gasteiger partial charge is 0.389 e. The lowest BCUT2D eigenvalue weighted by Crippen LogP contribution is -2.16. The van der Waals surface area contributed by atoms with Gasteiger partial charge in [-0.1, -0.05) is 12.2 Å². The molecule has 2 aromatic heterocycles. The van der Waals surface area contributed by atoms with Gasteiger partial charge >= 0.3 is 0 Å². The number of thiocarbonyl (C=S) groups is 1. The highest BCUT2D eigenvalue weighted by atomic mass is 79.9. The number of H-pyrrole nitrogens is 1. The number of nitrogens with one attached hydrogen (secondary N) is 2. The van der Waals surface area contributed by atoms with E-state index in [0.717, 1.165) is 20.7 Å². The number of sulfonamides is 1. The zero-order valence-electron chi connectivity index (χ0n) is 9.60. The van der Waals surface area contributed by atoms with Crippen molar-refractivity contribution in [1.82, 2.24) is 10.2 Å². The Morgan fingerprint density at radius 2 is 2.32 bits per heavy atom. The Balaban J connectivity index is 2.36. The molecular weight excluding hydrogens is 372 g/mol. The molecule has 0 radical (unpaired) electrons. The zero-order valence-corrected chi connectivity index (χ0v) is 13.6. The number of hydrogen-bond donors (Lipinski definition) is 3. The average molecular weight is 381 g/mol. The molecule has 6 nitrogen and oxygen atoms in total. The van der Waals surface area contributed by atoms with Crippen LogP contribution in [0.5, 0.6) is 0 Å². The molecule has 102 valence electrons. The van der Waals surface area contributed by atoms with Gasteiger partial charge in [0.15, 0.2) is 0 Å². The van der Waals surface area contributed by atoms with E-state index in [-0.39, 0.29) is 15.0 Å². The maximum Gasteiger partial charge on any atom is 0.272 e. The Kier molecular flexibility index (Phi) is 3.95. The van der Waals surface area contributed by atoms with Crippen molar-refractivity contribution in [3.63, 3.8) is 0 Å². The number of thiophene rings is 1. The second-order valence-electron chi connectivity index (χ2n) is 3.65. The van der Waals surface area contributed by atoms with Crippen LogP contribution in [0.1, 0.15) is 11.1 Å². The summed E-state index contributed by atoms with van der Waals surface area (Å²) in [5.41, 5.74) is 6.68. The van der Waals surface area contributed by atoms with E-state index < -0.39 is 10.0 Å². The van der Waals surface area contributed by atoms with E-state index in [1.807, 2.05) is 6.92 Å². The summed E-state index contributed by atoms with van der Waals surface area (Å²) in [6.07, 6.45) is 1.37. The van der Waals surface area contributed by atoms with E-state index in [2.05, 4.69) is 30.8 Å². The zero-order chi connectivity index (χ0) is 14.2.